The number of rotatable bonds is 6. The van der Waals surface area contributed by atoms with E-state index >= 15 is 0 Å². The number of benzene rings is 1. The van der Waals surface area contributed by atoms with Crippen molar-refractivity contribution in [3.05, 3.63) is 28.8 Å². The van der Waals surface area contributed by atoms with E-state index < -0.39 is 11.3 Å². The molecule has 0 saturated heterocycles. The Labute approximate surface area is 128 Å². The lowest BCUT2D eigenvalue weighted by molar-refractivity contribution is -0.125. The van der Waals surface area contributed by atoms with E-state index in [9.17, 15) is 9.59 Å². The molecule has 0 heterocycles. The number of amides is 2. The zero-order valence-corrected chi connectivity index (χ0v) is 13.4. The van der Waals surface area contributed by atoms with E-state index in [4.69, 9.17) is 17.3 Å². The molecule has 0 saturated carbocycles. The van der Waals surface area contributed by atoms with Gasteiger partial charge < -0.3 is 11.1 Å². The summed E-state index contributed by atoms with van der Waals surface area (Å²) in [5, 5.41) is 3.24. The first-order valence-electron chi connectivity index (χ1n) is 6.28. The zero-order valence-electron chi connectivity index (χ0n) is 11.8. The standard InChI is InChI=1S/C14H19ClN2O2S/c1-4-20-11-6-5-9(15)7-10(11)12(18)17-8-14(2,3)13(16)19/h5-7H,4,8H2,1-3H3,(H2,16,19)(H,17,18). The second-order valence-corrected chi connectivity index (χ2v) is 6.75. The van der Waals surface area contributed by atoms with Gasteiger partial charge in [-0.05, 0) is 37.8 Å². The maximum Gasteiger partial charge on any atom is 0.252 e. The van der Waals surface area contributed by atoms with Gasteiger partial charge in [0.2, 0.25) is 5.91 Å². The number of nitrogens with one attached hydrogen (secondary N) is 1. The van der Waals surface area contributed by atoms with Gasteiger partial charge in [0, 0.05) is 16.5 Å². The van der Waals surface area contributed by atoms with E-state index in [-0.39, 0.29) is 12.5 Å². The van der Waals surface area contributed by atoms with Gasteiger partial charge in [-0.2, -0.15) is 0 Å². The van der Waals surface area contributed by atoms with E-state index in [0.29, 0.717) is 10.6 Å². The van der Waals surface area contributed by atoms with Crippen molar-refractivity contribution in [3.8, 4) is 0 Å². The third-order valence-electron chi connectivity index (χ3n) is 2.84. The Morgan fingerprint density at radius 1 is 1.40 bits per heavy atom. The van der Waals surface area contributed by atoms with Crippen LogP contribution < -0.4 is 11.1 Å². The molecule has 20 heavy (non-hydrogen) atoms. The smallest absolute Gasteiger partial charge is 0.252 e. The van der Waals surface area contributed by atoms with Gasteiger partial charge >= 0.3 is 0 Å². The van der Waals surface area contributed by atoms with E-state index in [1.54, 1.807) is 37.7 Å². The SMILES string of the molecule is CCSc1ccc(Cl)cc1C(=O)NCC(C)(C)C(N)=O. The molecule has 0 spiro atoms. The highest BCUT2D eigenvalue weighted by Crippen LogP contribution is 2.25. The second kappa shape index (κ2) is 6.99. The minimum Gasteiger partial charge on any atom is -0.369 e. The van der Waals surface area contributed by atoms with E-state index in [1.807, 2.05) is 13.0 Å². The Bertz CT molecular complexity index is 518. The van der Waals surface area contributed by atoms with Crippen LogP contribution in [0.25, 0.3) is 0 Å². The molecule has 0 fully saturated rings. The fourth-order valence-corrected chi connectivity index (χ4v) is 2.40. The fourth-order valence-electron chi connectivity index (χ4n) is 1.44. The summed E-state index contributed by atoms with van der Waals surface area (Å²) >= 11 is 7.51. The van der Waals surface area contributed by atoms with Gasteiger partial charge in [0.05, 0.1) is 11.0 Å². The first-order chi connectivity index (χ1) is 9.27. The van der Waals surface area contributed by atoms with E-state index in [0.717, 1.165) is 10.6 Å². The molecule has 4 nitrogen and oxygen atoms in total. The monoisotopic (exact) mass is 314 g/mol. The highest BCUT2D eigenvalue weighted by molar-refractivity contribution is 7.99. The first kappa shape index (κ1) is 16.9. The number of hydrogen-bond acceptors (Lipinski definition) is 3. The second-order valence-electron chi connectivity index (χ2n) is 5.00. The van der Waals surface area contributed by atoms with Crippen molar-refractivity contribution in [2.24, 2.45) is 11.1 Å². The highest BCUT2D eigenvalue weighted by Gasteiger charge is 2.26. The summed E-state index contributed by atoms with van der Waals surface area (Å²) in [6, 6.07) is 5.21. The predicted octanol–water partition coefficient (Wildman–Crippen LogP) is 2.69. The number of thioether (sulfide) groups is 1. The van der Waals surface area contributed by atoms with Crippen LogP contribution >= 0.6 is 23.4 Å². The van der Waals surface area contributed by atoms with Gasteiger partial charge in [0.25, 0.3) is 5.91 Å². The molecule has 2 amide bonds. The molecule has 0 radical (unpaired) electrons. The maximum absolute atomic E-state index is 12.2. The van der Waals surface area contributed by atoms with Crippen LogP contribution in [0.15, 0.2) is 23.1 Å². The highest BCUT2D eigenvalue weighted by atomic mass is 35.5. The van der Waals surface area contributed by atoms with Gasteiger partial charge in [0.1, 0.15) is 0 Å². The van der Waals surface area contributed by atoms with Crippen LogP contribution in [0.3, 0.4) is 0 Å². The average molecular weight is 315 g/mol. The van der Waals surface area contributed by atoms with Crippen molar-refractivity contribution < 1.29 is 9.59 Å². The van der Waals surface area contributed by atoms with Crippen LogP contribution in [0.2, 0.25) is 5.02 Å². The Balaban J connectivity index is 2.87. The van der Waals surface area contributed by atoms with E-state index in [2.05, 4.69) is 5.32 Å². The quantitative estimate of drug-likeness (QED) is 0.793. The summed E-state index contributed by atoms with van der Waals surface area (Å²) in [6.45, 7) is 5.58. The molecule has 1 aromatic rings. The molecular formula is C14H19ClN2O2S. The molecule has 6 heteroatoms. The molecule has 0 atom stereocenters. The molecular weight excluding hydrogens is 296 g/mol. The minimum absolute atomic E-state index is 0.184. The van der Waals surface area contributed by atoms with Crippen molar-refractivity contribution in [2.75, 3.05) is 12.3 Å². The third kappa shape index (κ3) is 4.42. The minimum atomic E-state index is -0.785. The summed E-state index contributed by atoms with van der Waals surface area (Å²) in [5.41, 5.74) is 5.01. The molecule has 0 aromatic heterocycles. The molecule has 3 N–H and O–H groups in total. The summed E-state index contributed by atoms with van der Waals surface area (Å²) in [7, 11) is 0. The molecule has 110 valence electrons. The summed E-state index contributed by atoms with van der Waals surface area (Å²) in [4.78, 5) is 24.3. The number of halogens is 1. The van der Waals surface area contributed by atoms with Crippen molar-refractivity contribution in [3.63, 3.8) is 0 Å². The van der Waals surface area contributed by atoms with E-state index in [1.165, 1.54) is 0 Å². The summed E-state index contributed by atoms with van der Waals surface area (Å²) < 4.78 is 0. The maximum atomic E-state index is 12.2. The molecule has 0 aliphatic carbocycles. The van der Waals surface area contributed by atoms with Crippen molar-refractivity contribution in [1.29, 1.82) is 0 Å². The van der Waals surface area contributed by atoms with Crippen LogP contribution in [-0.4, -0.2) is 24.1 Å². The number of hydrogen-bond donors (Lipinski definition) is 2. The topological polar surface area (TPSA) is 72.2 Å². The lowest BCUT2D eigenvalue weighted by atomic mass is 9.92. The van der Waals surface area contributed by atoms with Gasteiger partial charge in [-0.1, -0.05) is 18.5 Å². The van der Waals surface area contributed by atoms with Gasteiger partial charge in [-0.3, -0.25) is 9.59 Å². The number of nitrogens with two attached hydrogens (primary N) is 1. The zero-order chi connectivity index (χ0) is 15.3. The largest absolute Gasteiger partial charge is 0.369 e. The molecule has 0 bridgehead atoms. The molecule has 0 unspecified atom stereocenters. The molecule has 1 rings (SSSR count). The number of carbonyl (C=O) groups is 2. The lowest BCUT2D eigenvalue weighted by Crippen LogP contribution is -2.42. The van der Waals surface area contributed by atoms with Gasteiger partial charge in [0.15, 0.2) is 0 Å². The average Bonchev–Trinajstić information content (AvgIpc) is 2.38. The fraction of sp³-hybridized carbons (Fsp3) is 0.429. The first-order valence-corrected chi connectivity index (χ1v) is 7.64. The number of carbonyl (C=O) groups excluding carboxylic acids is 2. The molecule has 0 aliphatic heterocycles. The summed E-state index contributed by atoms with van der Waals surface area (Å²) in [5.74, 6) is 0.152. The number of primary amides is 1. The Morgan fingerprint density at radius 2 is 2.05 bits per heavy atom. The third-order valence-corrected chi connectivity index (χ3v) is 4.03. The van der Waals surface area contributed by atoms with Crippen LogP contribution in [0.1, 0.15) is 31.1 Å². The normalized spacial score (nSPS) is 11.2. The van der Waals surface area contributed by atoms with Crippen LogP contribution in [-0.2, 0) is 4.79 Å². The van der Waals surface area contributed by atoms with Crippen LogP contribution in [0.4, 0.5) is 0 Å². The van der Waals surface area contributed by atoms with Gasteiger partial charge in [-0.25, -0.2) is 0 Å². The Kier molecular flexibility index (Phi) is 5.89. The Hall–Kier alpha value is -1.20. The van der Waals surface area contributed by atoms with Crippen LogP contribution in [0, 0.1) is 5.41 Å². The lowest BCUT2D eigenvalue weighted by Gasteiger charge is -2.21. The molecule has 0 aliphatic rings. The Morgan fingerprint density at radius 3 is 2.60 bits per heavy atom. The van der Waals surface area contributed by atoms with Crippen molar-refractivity contribution in [2.45, 2.75) is 25.7 Å². The molecule has 1 aromatic carbocycles. The predicted molar refractivity (Wildman–Crippen MR) is 83.2 cm³/mol. The summed E-state index contributed by atoms with van der Waals surface area (Å²) in [6.07, 6.45) is 0. The van der Waals surface area contributed by atoms with Gasteiger partial charge in [-0.15, -0.1) is 11.8 Å². The van der Waals surface area contributed by atoms with Crippen molar-refractivity contribution >= 4 is 35.2 Å². The van der Waals surface area contributed by atoms with Crippen molar-refractivity contribution in [1.82, 2.24) is 5.32 Å². The van der Waals surface area contributed by atoms with Crippen LogP contribution in [0.5, 0.6) is 0 Å².